The first-order valence-corrected chi connectivity index (χ1v) is 7.69. The predicted molar refractivity (Wildman–Crippen MR) is 89.9 cm³/mol. The Hall–Kier alpha value is -1.56. The van der Waals surface area contributed by atoms with Gasteiger partial charge in [0.1, 0.15) is 5.75 Å². The van der Waals surface area contributed by atoms with Crippen molar-refractivity contribution in [1.29, 1.82) is 0 Å². The zero-order valence-corrected chi connectivity index (χ0v) is 13.6. The molecule has 0 radical (unpaired) electrons. The molecule has 4 nitrogen and oxygen atoms in total. The summed E-state index contributed by atoms with van der Waals surface area (Å²) in [5.41, 5.74) is 11.5. The normalized spacial score (nSPS) is 12.1. The second-order valence-electron chi connectivity index (χ2n) is 4.76. The molecular weight excluding hydrogens is 330 g/mol. The van der Waals surface area contributed by atoms with Gasteiger partial charge >= 0.3 is 0 Å². The van der Waals surface area contributed by atoms with Crippen molar-refractivity contribution in [3.8, 4) is 5.75 Å². The molecule has 0 amide bonds. The fraction of sp³-hybridized carbons (Fsp3) is 0.250. The summed E-state index contributed by atoms with van der Waals surface area (Å²) >= 11 is 3.47. The molecular formula is C16H20BrN3O. The SMILES string of the molecule is CCCOc1ccccc1C(NN)c1cc(Br)ccc1N. The van der Waals surface area contributed by atoms with Crippen LogP contribution in [0.25, 0.3) is 0 Å². The van der Waals surface area contributed by atoms with Gasteiger partial charge in [-0.2, -0.15) is 0 Å². The maximum atomic E-state index is 6.10. The van der Waals surface area contributed by atoms with Crippen molar-refractivity contribution in [3.63, 3.8) is 0 Å². The first-order valence-electron chi connectivity index (χ1n) is 6.90. The van der Waals surface area contributed by atoms with E-state index in [0.29, 0.717) is 12.3 Å². The zero-order chi connectivity index (χ0) is 15.2. The lowest BCUT2D eigenvalue weighted by molar-refractivity contribution is 0.312. The van der Waals surface area contributed by atoms with Crippen molar-refractivity contribution < 1.29 is 4.74 Å². The van der Waals surface area contributed by atoms with Crippen molar-refractivity contribution in [2.45, 2.75) is 19.4 Å². The fourth-order valence-electron chi connectivity index (χ4n) is 2.21. The number of halogens is 1. The smallest absolute Gasteiger partial charge is 0.124 e. The molecule has 2 rings (SSSR count). The van der Waals surface area contributed by atoms with E-state index < -0.39 is 0 Å². The summed E-state index contributed by atoms with van der Waals surface area (Å²) in [6.45, 7) is 2.75. The van der Waals surface area contributed by atoms with E-state index in [9.17, 15) is 0 Å². The Bertz CT molecular complexity index is 604. The molecule has 112 valence electrons. The van der Waals surface area contributed by atoms with Gasteiger partial charge in [0, 0.05) is 15.7 Å². The van der Waals surface area contributed by atoms with Gasteiger partial charge in [-0.1, -0.05) is 41.1 Å². The Balaban J connectivity index is 2.44. The maximum absolute atomic E-state index is 6.10. The number of hydrazine groups is 1. The topological polar surface area (TPSA) is 73.3 Å². The number of anilines is 1. The minimum Gasteiger partial charge on any atom is -0.493 e. The van der Waals surface area contributed by atoms with Crippen molar-refractivity contribution in [3.05, 3.63) is 58.1 Å². The third-order valence-corrected chi connectivity index (χ3v) is 3.71. The van der Waals surface area contributed by atoms with Crippen LogP contribution in [-0.2, 0) is 0 Å². The van der Waals surface area contributed by atoms with Crippen LogP contribution in [0.15, 0.2) is 46.9 Å². The van der Waals surface area contributed by atoms with Crippen LogP contribution in [0.4, 0.5) is 5.69 Å². The number of nitrogen functional groups attached to an aromatic ring is 1. The molecule has 1 unspecified atom stereocenters. The van der Waals surface area contributed by atoms with E-state index in [0.717, 1.165) is 27.8 Å². The number of para-hydroxylation sites is 1. The number of hydrogen-bond donors (Lipinski definition) is 3. The molecule has 1 atom stereocenters. The highest BCUT2D eigenvalue weighted by molar-refractivity contribution is 9.10. The lowest BCUT2D eigenvalue weighted by Crippen LogP contribution is -2.30. The van der Waals surface area contributed by atoms with Crippen molar-refractivity contribution in [1.82, 2.24) is 5.43 Å². The number of benzene rings is 2. The van der Waals surface area contributed by atoms with Gasteiger partial charge in [0.05, 0.1) is 12.6 Å². The first-order chi connectivity index (χ1) is 10.2. The predicted octanol–water partition coefficient (Wildman–Crippen LogP) is 3.37. The van der Waals surface area contributed by atoms with Crippen LogP contribution in [-0.4, -0.2) is 6.61 Å². The van der Waals surface area contributed by atoms with E-state index in [4.69, 9.17) is 16.3 Å². The highest BCUT2D eigenvalue weighted by Gasteiger charge is 2.19. The molecule has 0 bridgehead atoms. The molecule has 0 fully saturated rings. The molecule has 0 aliphatic carbocycles. The summed E-state index contributed by atoms with van der Waals surface area (Å²) in [5.74, 6) is 6.60. The Morgan fingerprint density at radius 2 is 1.95 bits per heavy atom. The van der Waals surface area contributed by atoms with E-state index in [1.807, 2.05) is 42.5 Å². The molecule has 2 aromatic carbocycles. The standard InChI is InChI=1S/C16H20BrN3O/c1-2-9-21-15-6-4-3-5-12(15)16(20-19)13-10-11(17)7-8-14(13)18/h3-8,10,16,20H,2,9,18-19H2,1H3. The highest BCUT2D eigenvalue weighted by Crippen LogP contribution is 2.33. The molecule has 0 saturated heterocycles. The average molecular weight is 350 g/mol. The molecule has 0 aliphatic rings. The van der Waals surface area contributed by atoms with Crippen molar-refractivity contribution in [2.75, 3.05) is 12.3 Å². The summed E-state index contributed by atoms with van der Waals surface area (Å²) in [7, 11) is 0. The summed E-state index contributed by atoms with van der Waals surface area (Å²) in [6.07, 6.45) is 0.952. The highest BCUT2D eigenvalue weighted by atomic mass is 79.9. The van der Waals surface area contributed by atoms with Gasteiger partial charge in [0.25, 0.3) is 0 Å². The van der Waals surface area contributed by atoms with Crippen molar-refractivity contribution >= 4 is 21.6 Å². The van der Waals surface area contributed by atoms with E-state index in [2.05, 4.69) is 28.3 Å². The largest absolute Gasteiger partial charge is 0.493 e. The summed E-state index contributed by atoms with van der Waals surface area (Å²) in [6, 6.07) is 13.4. The van der Waals surface area contributed by atoms with Crippen LogP contribution in [0, 0.1) is 0 Å². The molecule has 21 heavy (non-hydrogen) atoms. The van der Waals surface area contributed by atoms with E-state index in [-0.39, 0.29) is 6.04 Å². The Kier molecular flexibility index (Phi) is 5.61. The van der Waals surface area contributed by atoms with Crippen LogP contribution >= 0.6 is 15.9 Å². The van der Waals surface area contributed by atoms with Crippen LogP contribution in [0.3, 0.4) is 0 Å². The van der Waals surface area contributed by atoms with Gasteiger partial charge in [0.2, 0.25) is 0 Å². The molecule has 0 spiro atoms. The van der Waals surface area contributed by atoms with Gasteiger partial charge in [-0.05, 0) is 36.2 Å². The Labute approximate surface area is 133 Å². The number of hydrogen-bond acceptors (Lipinski definition) is 4. The first kappa shape index (κ1) is 15.8. The van der Waals surface area contributed by atoms with E-state index in [1.54, 1.807) is 0 Å². The summed E-state index contributed by atoms with van der Waals surface area (Å²) in [4.78, 5) is 0. The quantitative estimate of drug-likeness (QED) is 0.424. The van der Waals surface area contributed by atoms with Crippen LogP contribution in [0.2, 0.25) is 0 Å². The molecule has 0 aliphatic heterocycles. The Morgan fingerprint density at radius 3 is 2.67 bits per heavy atom. The van der Waals surface area contributed by atoms with Gasteiger partial charge in [-0.3, -0.25) is 5.84 Å². The third kappa shape index (κ3) is 3.75. The third-order valence-electron chi connectivity index (χ3n) is 3.22. The lowest BCUT2D eigenvalue weighted by atomic mass is 9.97. The average Bonchev–Trinajstić information content (AvgIpc) is 2.50. The Morgan fingerprint density at radius 1 is 1.19 bits per heavy atom. The minimum absolute atomic E-state index is 0.226. The molecule has 0 heterocycles. The van der Waals surface area contributed by atoms with Gasteiger partial charge in [-0.15, -0.1) is 0 Å². The molecule has 5 N–H and O–H groups in total. The molecule has 0 aromatic heterocycles. The van der Waals surface area contributed by atoms with Crippen LogP contribution in [0.1, 0.15) is 30.5 Å². The number of nitrogens with two attached hydrogens (primary N) is 2. The van der Waals surface area contributed by atoms with Gasteiger partial charge < -0.3 is 10.5 Å². The second kappa shape index (κ2) is 7.45. The van der Waals surface area contributed by atoms with E-state index >= 15 is 0 Å². The fourth-order valence-corrected chi connectivity index (χ4v) is 2.58. The molecule has 5 heteroatoms. The second-order valence-corrected chi connectivity index (χ2v) is 5.67. The van der Waals surface area contributed by atoms with Crippen molar-refractivity contribution in [2.24, 2.45) is 5.84 Å². The number of nitrogens with one attached hydrogen (secondary N) is 1. The van der Waals surface area contributed by atoms with Crippen LogP contribution in [0.5, 0.6) is 5.75 Å². The maximum Gasteiger partial charge on any atom is 0.124 e. The molecule has 2 aromatic rings. The zero-order valence-electron chi connectivity index (χ0n) is 12.0. The number of ether oxygens (including phenoxy) is 1. The molecule has 0 saturated carbocycles. The van der Waals surface area contributed by atoms with Crippen LogP contribution < -0.4 is 21.7 Å². The van der Waals surface area contributed by atoms with E-state index in [1.165, 1.54) is 0 Å². The monoisotopic (exact) mass is 349 g/mol. The minimum atomic E-state index is -0.226. The number of rotatable bonds is 6. The summed E-state index contributed by atoms with van der Waals surface area (Å²) in [5, 5.41) is 0. The van der Waals surface area contributed by atoms with Gasteiger partial charge in [0.15, 0.2) is 0 Å². The lowest BCUT2D eigenvalue weighted by Gasteiger charge is -2.22. The van der Waals surface area contributed by atoms with Gasteiger partial charge in [-0.25, -0.2) is 5.43 Å². The summed E-state index contributed by atoms with van der Waals surface area (Å²) < 4.78 is 6.77.